The van der Waals surface area contributed by atoms with E-state index in [0.29, 0.717) is 0 Å². The third-order valence-corrected chi connectivity index (χ3v) is 2.91. The topological polar surface area (TPSA) is 12.4 Å². The van der Waals surface area contributed by atoms with E-state index in [2.05, 4.69) is 53.5 Å². The van der Waals surface area contributed by atoms with Gasteiger partial charge in [-0.25, -0.2) is 0 Å². The zero-order valence-corrected chi connectivity index (χ0v) is 9.06. The first-order valence-corrected chi connectivity index (χ1v) is 5.65. The number of allylic oxidation sites excluding steroid dienone is 1. The van der Waals surface area contributed by atoms with Crippen molar-refractivity contribution >= 4 is 22.7 Å². The number of fused-ring (bicyclic) bond motifs is 1. The van der Waals surface area contributed by atoms with Crippen molar-refractivity contribution in [3.05, 3.63) is 54.1 Å². The van der Waals surface area contributed by atoms with Crippen molar-refractivity contribution < 1.29 is 0 Å². The van der Waals surface area contributed by atoms with Gasteiger partial charge in [0, 0.05) is 11.8 Å². The van der Waals surface area contributed by atoms with E-state index >= 15 is 0 Å². The first kappa shape index (κ1) is 9.34. The first-order valence-electron chi connectivity index (χ1n) is 5.65. The number of nitrogens with zero attached hydrogens (tertiary/aromatic N) is 1. The van der Waals surface area contributed by atoms with Gasteiger partial charge in [0.2, 0.25) is 0 Å². The lowest BCUT2D eigenvalue weighted by Gasteiger charge is -2.07. The summed E-state index contributed by atoms with van der Waals surface area (Å²) < 4.78 is 0. The Morgan fingerprint density at radius 3 is 2.56 bits per heavy atom. The highest BCUT2D eigenvalue weighted by Gasteiger charge is 2.03. The summed E-state index contributed by atoms with van der Waals surface area (Å²) in [7, 11) is 0. The minimum Gasteiger partial charge on any atom is -0.261 e. The Hall–Kier alpha value is -1.89. The van der Waals surface area contributed by atoms with E-state index in [1.807, 2.05) is 6.21 Å². The summed E-state index contributed by atoms with van der Waals surface area (Å²) in [5.41, 5.74) is 2.33. The standard InChI is InChI=1S/C15H13N/c1-2-6-13-11-14(9-8-12(13)5-1)15-7-3-4-10-16-15/h1-2,5-11H,3-4H2. The quantitative estimate of drug-likeness (QED) is 0.669. The lowest BCUT2D eigenvalue weighted by Crippen LogP contribution is -1.88. The lowest BCUT2D eigenvalue weighted by atomic mass is 10.0. The predicted octanol–water partition coefficient (Wildman–Crippen LogP) is 4.05. The van der Waals surface area contributed by atoms with E-state index in [-0.39, 0.29) is 0 Å². The number of rotatable bonds is 1. The van der Waals surface area contributed by atoms with Crippen molar-refractivity contribution in [1.29, 1.82) is 0 Å². The molecule has 0 atom stereocenters. The number of hydrogen-bond acceptors (Lipinski definition) is 1. The number of benzene rings is 2. The minimum absolute atomic E-state index is 1.07. The van der Waals surface area contributed by atoms with Crippen LogP contribution >= 0.6 is 0 Å². The van der Waals surface area contributed by atoms with Crippen molar-refractivity contribution in [2.45, 2.75) is 12.8 Å². The maximum atomic E-state index is 4.44. The average molecular weight is 207 g/mol. The van der Waals surface area contributed by atoms with Crippen molar-refractivity contribution in [2.75, 3.05) is 0 Å². The Labute approximate surface area is 95.1 Å². The fraction of sp³-hybridized carbons (Fsp3) is 0.133. The van der Waals surface area contributed by atoms with Gasteiger partial charge in [0.1, 0.15) is 0 Å². The molecule has 1 aliphatic rings. The summed E-state index contributed by atoms with van der Waals surface area (Å²) in [6.07, 6.45) is 6.39. The lowest BCUT2D eigenvalue weighted by molar-refractivity contribution is 1.09. The van der Waals surface area contributed by atoms with Crippen LogP contribution in [0.1, 0.15) is 18.4 Å². The summed E-state index contributed by atoms with van der Waals surface area (Å²) in [6.45, 7) is 0. The maximum Gasteiger partial charge on any atom is 0.0658 e. The predicted molar refractivity (Wildman–Crippen MR) is 69.7 cm³/mol. The first-order chi connectivity index (χ1) is 7.93. The molecular weight excluding hydrogens is 194 g/mol. The van der Waals surface area contributed by atoms with Crippen LogP contribution in [0.4, 0.5) is 0 Å². The Bertz CT molecular complexity index is 579. The highest BCUT2D eigenvalue weighted by Crippen LogP contribution is 2.23. The zero-order chi connectivity index (χ0) is 10.8. The molecule has 0 aromatic heterocycles. The summed E-state index contributed by atoms with van der Waals surface area (Å²) in [5.74, 6) is 0. The Morgan fingerprint density at radius 1 is 0.875 bits per heavy atom. The van der Waals surface area contributed by atoms with Crippen LogP contribution in [0.5, 0.6) is 0 Å². The average Bonchev–Trinajstić information content (AvgIpc) is 2.39. The fourth-order valence-electron chi connectivity index (χ4n) is 2.05. The van der Waals surface area contributed by atoms with Crippen molar-refractivity contribution in [3.63, 3.8) is 0 Å². The summed E-state index contributed by atoms with van der Waals surface area (Å²) in [5, 5.41) is 2.56. The van der Waals surface area contributed by atoms with Crippen molar-refractivity contribution in [3.8, 4) is 0 Å². The van der Waals surface area contributed by atoms with Gasteiger partial charge in [-0.1, -0.05) is 42.5 Å². The molecule has 0 unspecified atom stereocenters. The second-order valence-corrected chi connectivity index (χ2v) is 4.04. The van der Waals surface area contributed by atoms with Gasteiger partial charge in [0.05, 0.1) is 5.70 Å². The molecule has 2 aromatic rings. The van der Waals surface area contributed by atoms with E-state index in [9.17, 15) is 0 Å². The monoisotopic (exact) mass is 207 g/mol. The van der Waals surface area contributed by atoms with Crippen molar-refractivity contribution in [1.82, 2.24) is 0 Å². The normalized spacial score (nSPS) is 15.1. The van der Waals surface area contributed by atoms with Gasteiger partial charge in [-0.05, 0) is 29.7 Å². The van der Waals surface area contributed by atoms with Crippen LogP contribution in [0.25, 0.3) is 16.5 Å². The second-order valence-electron chi connectivity index (χ2n) is 4.04. The summed E-state index contributed by atoms with van der Waals surface area (Å²) in [6, 6.07) is 14.9. The van der Waals surface area contributed by atoms with Crippen LogP contribution in [0.3, 0.4) is 0 Å². The molecule has 78 valence electrons. The Morgan fingerprint density at radius 2 is 1.75 bits per heavy atom. The molecule has 0 bridgehead atoms. The molecule has 0 N–H and O–H groups in total. The molecule has 0 saturated carbocycles. The largest absolute Gasteiger partial charge is 0.261 e. The van der Waals surface area contributed by atoms with Crippen LogP contribution in [0.15, 0.2) is 53.5 Å². The van der Waals surface area contributed by atoms with Gasteiger partial charge in [0.15, 0.2) is 0 Å². The molecular formula is C15H13N. The third kappa shape index (κ3) is 1.65. The molecule has 0 fully saturated rings. The molecule has 2 aromatic carbocycles. The third-order valence-electron chi connectivity index (χ3n) is 2.91. The van der Waals surface area contributed by atoms with Gasteiger partial charge in [0.25, 0.3) is 0 Å². The molecule has 0 aliphatic carbocycles. The number of hydrogen-bond donors (Lipinski definition) is 0. The molecule has 16 heavy (non-hydrogen) atoms. The van der Waals surface area contributed by atoms with Gasteiger partial charge in [-0.3, -0.25) is 4.99 Å². The van der Waals surface area contributed by atoms with Gasteiger partial charge < -0.3 is 0 Å². The Kier molecular flexibility index (Phi) is 2.30. The molecule has 0 saturated heterocycles. The van der Waals surface area contributed by atoms with Crippen LogP contribution < -0.4 is 0 Å². The molecule has 1 aliphatic heterocycles. The van der Waals surface area contributed by atoms with Crippen LogP contribution in [-0.2, 0) is 0 Å². The zero-order valence-electron chi connectivity index (χ0n) is 9.06. The van der Waals surface area contributed by atoms with Gasteiger partial charge in [-0.2, -0.15) is 0 Å². The van der Waals surface area contributed by atoms with Crippen molar-refractivity contribution in [2.24, 2.45) is 4.99 Å². The van der Waals surface area contributed by atoms with Crippen LogP contribution in [-0.4, -0.2) is 6.21 Å². The molecule has 0 radical (unpaired) electrons. The van der Waals surface area contributed by atoms with E-state index < -0.39 is 0 Å². The van der Waals surface area contributed by atoms with E-state index in [1.165, 1.54) is 16.3 Å². The van der Waals surface area contributed by atoms with Gasteiger partial charge >= 0.3 is 0 Å². The molecule has 0 spiro atoms. The van der Waals surface area contributed by atoms with Gasteiger partial charge in [-0.15, -0.1) is 0 Å². The SMILES string of the molecule is C1=NC(c2ccc3ccccc3c2)=CCC1. The number of aliphatic imine (C=N–C) groups is 1. The highest BCUT2D eigenvalue weighted by atomic mass is 14.7. The summed E-state index contributed by atoms with van der Waals surface area (Å²) >= 11 is 0. The van der Waals surface area contributed by atoms with E-state index in [0.717, 1.165) is 18.5 Å². The molecule has 1 heterocycles. The van der Waals surface area contributed by atoms with E-state index in [1.54, 1.807) is 0 Å². The van der Waals surface area contributed by atoms with E-state index in [4.69, 9.17) is 0 Å². The summed E-state index contributed by atoms with van der Waals surface area (Å²) in [4.78, 5) is 4.44. The fourth-order valence-corrected chi connectivity index (χ4v) is 2.05. The minimum atomic E-state index is 1.07. The highest BCUT2D eigenvalue weighted by molar-refractivity contribution is 5.87. The van der Waals surface area contributed by atoms with Crippen LogP contribution in [0, 0.1) is 0 Å². The maximum absolute atomic E-state index is 4.44. The second kappa shape index (κ2) is 3.93. The molecule has 0 amide bonds. The molecule has 1 heteroatoms. The smallest absolute Gasteiger partial charge is 0.0658 e. The van der Waals surface area contributed by atoms with Crippen LogP contribution in [0.2, 0.25) is 0 Å². The molecule has 3 rings (SSSR count). The molecule has 1 nitrogen and oxygen atoms in total. The Balaban J connectivity index is 2.11.